The first kappa shape index (κ1) is 33.8. The minimum Gasteiger partial charge on any atom is -0.334 e. The third-order valence-corrected chi connectivity index (χ3v) is 7.77. The number of amides is 1. The van der Waals surface area contributed by atoms with Gasteiger partial charge in [0.25, 0.3) is 5.91 Å². The summed E-state index contributed by atoms with van der Waals surface area (Å²) in [4.78, 5) is 20.8. The lowest BCUT2D eigenvalue weighted by atomic mass is 10.1. The average Bonchev–Trinajstić information content (AvgIpc) is 3.34. The van der Waals surface area contributed by atoms with E-state index >= 15 is 0 Å². The molecule has 0 bridgehead atoms. The van der Waals surface area contributed by atoms with Gasteiger partial charge >= 0.3 is 0 Å². The van der Waals surface area contributed by atoms with Crippen LogP contribution in [-0.2, 0) is 45.9 Å². The van der Waals surface area contributed by atoms with Crippen molar-refractivity contribution >= 4 is 41.8 Å². The number of rotatable bonds is 12. The van der Waals surface area contributed by atoms with Crippen molar-refractivity contribution in [2.24, 2.45) is 18.5 Å². The Morgan fingerprint density at radius 2 is 1.30 bits per heavy atom. The molecule has 1 amide bonds. The van der Waals surface area contributed by atoms with Gasteiger partial charge < -0.3 is 20.9 Å². The number of benzene rings is 4. The van der Waals surface area contributed by atoms with Crippen LogP contribution in [0.1, 0.15) is 50.4 Å². The molecule has 4 aromatic carbocycles. The van der Waals surface area contributed by atoms with Gasteiger partial charge in [0.05, 0.1) is 11.0 Å². The number of aryl methyl sites for hydroxylation is 4. The second kappa shape index (κ2) is 16.2. The fraction of sp³-hybridized carbons (Fsp3) is 0.257. The van der Waals surface area contributed by atoms with Crippen molar-refractivity contribution < 1.29 is 4.79 Å². The predicted molar refractivity (Wildman–Crippen MR) is 181 cm³/mol. The largest absolute Gasteiger partial charge is 0.334 e. The molecule has 43 heavy (non-hydrogen) atoms. The molecule has 0 aliphatic heterocycles. The van der Waals surface area contributed by atoms with Crippen LogP contribution >= 0.6 is 24.8 Å². The summed E-state index contributed by atoms with van der Waals surface area (Å²) in [6.45, 7) is 2.28. The normalized spacial score (nSPS) is 10.7. The third kappa shape index (κ3) is 8.68. The van der Waals surface area contributed by atoms with Gasteiger partial charge in [-0.3, -0.25) is 4.79 Å². The Labute approximate surface area is 266 Å². The third-order valence-electron chi connectivity index (χ3n) is 7.77. The zero-order chi connectivity index (χ0) is 28.6. The van der Waals surface area contributed by atoms with Gasteiger partial charge in [0.2, 0.25) is 0 Å². The van der Waals surface area contributed by atoms with Crippen molar-refractivity contribution in [1.29, 1.82) is 0 Å². The first-order chi connectivity index (χ1) is 20.0. The highest BCUT2D eigenvalue weighted by Gasteiger charge is 2.18. The highest BCUT2D eigenvalue weighted by Crippen LogP contribution is 2.21. The Morgan fingerprint density at radius 3 is 1.93 bits per heavy atom. The molecule has 0 radical (unpaired) electrons. The molecule has 0 saturated heterocycles. The molecule has 1 aromatic heterocycles. The monoisotopic (exact) mass is 617 g/mol. The van der Waals surface area contributed by atoms with E-state index in [1.807, 2.05) is 48.3 Å². The number of hydrogen-bond acceptors (Lipinski definition) is 4. The maximum Gasteiger partial charge on any atom is 0.254 e. The number of carbonyl (C=O) groups excluding carboxylic acids is 1. The molecule has 0 atom stereocenters. The van der Waals surface area contributed by atoms with Crippen molar-refractivity contribution in [3.63, 3.8) is 0 Å². The van der Waals surface area contributed by atoms with Crippen molar-refractivity contribution in [3.8, 4) is 0 Å². The Hall–Kier alpha value is -3.68. The van der Waals surface area contributed by atoms with E-state index < -0.39 is 0 Å². The summed E-state index contributed by atoms with van der Waals surface area (Å²) in [6, 6.07) is 33.0. The van der Waals surface area contributed by atoms with Gasteiger partial charge in [0.1, 0.15) is 5.82 Å². The Kier molecular flexibility index (Phi) is 12.8. The predicted octanol–water partition coefficient (Wildman–Crippen LogP) is 6.39. The van der Waals surface area contributed by atoms with Gasteiger partial charge in [0.15, 0.2) is 0 Å². The molecule has 5 rings (SSSR count). The minimum absolute atomic E-state index is 0. The van der Waals surface area contributed by atoms with Gasteiger partial charge in [-0.25, -0.2) is 4.98 Å². The number of nitrogens with two attached hydrogens (primary N) is 2. The van der Waals surface area contributed by atoms with Crippen molar-refractivity contribution in [3.05, 3.63) is 136 Å². The molecule has 0 unspecified atom stereocenters. The summed E-state index contributed by atoms with van der Waals surface area (Å²) in [7, 11) is 2.05. The molecule has 6 nitrogen and oxygen atoms in total. The van der Waals surface area contributed by atoms with Crippen LogP contribution in [0.2, 0.25) is 0 Å². The van der Waals surface area contributed by atoms with Gasteiger partial charge in [-0.05, 0) is 65.3 Å². The maximum atomic E-state index is 13.9. The van der Waals surface area contributed by atoms with Crippen LogP contribution in [0.15, 0.2) is 97.1 Å². The Bertz CT molecular complexity index is 1590. The summed E-state index contributed by atoms with van der Waals surface area (Å²) in [5.41, 5.74) is 19.9. The summed E-state index contributed by atoms with van der Waals surface area (Å²) < 4.78 is 2.13. The van der Waals surface area contributed by atoms with E-state index in [1.165, 1.54) is 11.1 Å². The lowest BCUT2D eigenvalue weighted by Crippen LogP contribution is -2.31. The topological polar surface area (TPSA) is 90.2 Å². The van der Waals surface area contributed by atoms with Crippen molar-refractivity contribution in [1.82, 2.24) is 14.5 Å². The zero-order valence-corrected chi connectivity index (χ0v) is 26.2. The number of halogens is 2. The molecular formula is C35H41Cl2N5O. The fourth-order valence-corrected chi connectivity index (χ4v) is 5.26. The molecule has 5 aromatic rings. The highest BCUT2D eigenvalue weighted by atomic mass is 35.5. The summed E-state index contributed by atoms with van der Waals surface area (Å²) in [5, 5.41) is 0. The Morgan fingerprint density at radius 1 is 0.721 bits per heavy atom. The number of imidazole rings is 1. The van der Waals surface area contributed by atoms with Crippen LogP contribution in [0.4, 0.5) is 0 Å². The van der Waals surface area contributed by atoms with E-state index in [2.05, 4.69) is 65.2 Å². The number of aromatic nitrogens is 2. The number of hydrogen-bond donors (Lipinski definition) is 2. The van der Waals surface area contributed by atoms with Crippen LogP contribution in [0, 0.1) is 0 Å². The van der Waals surface area contributed by atoms with E-state index in [0.29, 0.717) is 31.7 Å². The van der Waals surface area contributed by atoms with Gasteiger partial charge in [-0.15, -0.1) is 24.8 Å². The van der Waals surface area contributed by atoms with Crippen LogP contribution in [0.3, 0.4) is 0 Å². The summed E-state index contributed by atoms with van der Waals surface area (Å²) in [6.07, 6.45) is 3.53. The molecular weight excluding hydrogens is 577 g/mol. The molecule has 0 saturated carbocycles. The lowest BCUT2D eigenvalue weighted by Gasteiger charge is -2.23. The standard InChI is InChI=1S/C35H39N5O.2ClH/c1-39-33-19-18-31(22-32(33)38-34(39)20-17-27-9-11-28(23-36)12-10-27)35(41)40(21-5-8-26-6-3-2-4-7-26)25-30-15-13-29(24-37)14-16-30;;/h2-4,6-7,9-16,18-19,22H,5,8,17,20-21,23-25,36-37H2,1H3;2*1H. The van der Waals surface area contributed by atoms with Gasteiger partial charge in [0, 0.05) is 45.2 Å². The summed E-state index contributed by atoms with van der Waals surface area (Å²) >= 11 is 0. The van der Waals surface area contributed by atoms with Gasteiger partial charge in [-0.1, -0.05) is 78.9 Å². The molecule has 8 heteroatoms. The molecule has 4 N–H and O–H groups in total. The molecule has 0 spiro atoms. The highest BCUT2D eigenvalue weighted by molar-refractivity contribution is 5.97. The lowest BCUT2D eigenvalue weighted by molar-refractivity contribution is 0.0741. The van der Waals surface area contributed by atoms with Gasteiger partial charge in [-0.2, -0.15) is 0 Å². The number of fused-ring (bicyclic) bond motifs is 1. The van der Waals surface area contributed by atoms with Crippen LogP contribution in [0.25, 0.3) is 11.0 Å². The van der Waals surface area contributed by atoms with Crippen LogP contribution in [0.5, 0.6) is 0 Å². The molecule has 0 aliphatic carbocycles. The Balaban J connectivity index is 0.00000253. The smallest absolute Gasteiger partial charge is 0.254 e. The average molecular weight is 619 g/mol. The zero-order valence-electron chi connectivity index (χ0n) is 24.6. The quantitative estimate of drug-likeness (QED) is 0.170. The first-order valence-electron chi connectivity index (χ1n) is 14.4. The molecule has 1 heterocycles. The minimum atomic E-state index is 0. The second-order valence-corrected chi connectivity index (χ2v) is 10.6. The molecule has 226 valence electrons. The second-order valence-electron chi connectivity index (χ2n) is 10.6. The van der Waals surface area contributed by atoms with E-state index in [1.54, 1.807) is 0 Å². The summed E-state index contributed by atoms with van der Waals surface area (Å²) in [5.74, 6) is 1.03. The number of carbonyl (C=O) groups is 1. The maximum absolute atomic E-state index is 13.9. The van der Waals surface area contributed by atoms with Crippen LogP contribution < -0.4 is 11.5 Å². The SMILES string of the molecule is Cl.Cl.Cn1c(CCc2ccc(CN)cc2)nc2cc(C(=O)N(CCCc3ccccc3)Cc3ccc(CN)cc3)ccc21. The molecule has 0 aliphatic rings. The fourth-order valence-electron chi connectivity index (χ4n) is 5.26. The van der Waals surface area contributed by atoms with Crippen molar-refractivity contribution in [2.45, 2.75) is 45.3 Å². The van der Waals surface area contributed by atoms with E-state index in [-0.39, 0.29) is 30.7 Å². The van der Waals surface area contributed by atoms with E-state index in [9.17, 15) is 4.79 Å². The first-order valence-corrected chi connectivity index (χ1v) is 14.4. The molecule has 0 fully saturated rings. The van der Waals surface area contributed by atoms with Crippen LogP contribution in [-0.4, -0.2) is 26.9 Å². The van der Waals surface area contributed by atoms with E-state index in [4.69, 9.17) is 16.5 Å². The van der Waals surface area contributed by atoms with E-state index in [0.717, 1.165) is 59.2 Å². The number of nitrogens with zero attached hydrogens (tertiary/aromatic N) is 3. The van der Waals surface area contributed by atoms with Crippen molar-refractivity contribution in [2.75, 3.05) is 6.54 Å².